The SMILES string of the molecule is CCc1ccc(N([C@@H](C)C(=O)N[C@H](C)CCc2ccccc2)S(C)(=O)=O)cc1. The molecule has 2 aromatic carbocycles. The first kappa shape index (κ1) is 22.0. The lowest BCUT2D eigenvalue weighted by molar-refractivity contribution is -0.122. The minimum Gasteiger partial charge on any atom is -0.352 e. The van der Waals surface area contributed by atoms with Gasteiger partial charge in [0, 0.05) is 6.04 Å². The van der Waals surface area contributed by atoms with Crippen molar-refractivity contribution in [2.45, 2.75) is 52.1 Å². The molecule has 0 aromatic heterocycles. The van der Waals surface area contributed by atoms with Crippen LogP contribution in [-0.4, -0.2) is 32.7 Å². The molecule has 0 heterocycles. The normalized spacial score (nSPS) is 13.6. The largest absolute Gasteiger partial charge is 0.352 e. The zero-order valence-electron chi connectivity index (χ0n) is 17.1. The first-order chi connectivity index (χ1) is 13.2. The summed E-state index contributed by atoms with van der Waals surface area (Å²) < 4.78 is 25.9. The summed E-state index contributed by atoms with van der Waals surface area (Å²) in [7, 11) is -3.60. The van der Waals surface area contributed by atoms with Crippen LogP contribution in [0, 0.1) is 0 Å². The topological polar surface area (TPSA) is 66.5 Å². The summed E-state index contributed by atoms with van der Waals surface area (Å²) in [6, 6.07) is 16.5. The molecule has 2 atom stereocenters. The molecular weight excluding hydrogens is 372 g/mol. The van der Waals surface area contributed by atoms with Crippen molar-refractivity contribution in [2.75, 3.05) is 10.6 Å². The van der Waals surface area contributed by atoms with Crippen molar-refractivity contribution in [3.8, 4) is 0 Å². The van der Waals surface area contributed by atoms with Gasteiger partial charge < -0.3 is 5.32 Å². The predicted octanol–water partition coefficient (Wildman–Crippen LogP) is 3.54. The Labute approximate surface area is 168 Å². The third-order valence-corrected chi connectivity index (χ3v) is 6.03. The standard InChI is InChI=1S/C22H30N2O3S/c1-5-19-13-15-21(16-14-19)24(28(4,26)27)18(3)22(25)23-17(2)11-12-20-9-7-6-8-10-20/h6-10,13-18H,5,11-12H2,1-4H3,(H,23,25)/t17-,18+/m1/s1. The lowest BCUT2D eigenvalue weighted by atomic mass is 10.1. The highest BCUT2D eigenvalue weighted by atomic mass is 32.2. The zero-order chi connectivity index (χ0) is 20.7. The van der Waals surface area contributed by atoms with Gasteiger partial charge in [0.2, 0.25) is 15.9 Å². The summed E-state index contributed by atoms with van der Waals surface area (Å²) in [5.41, 5.74) is 2.83. The fourth-order valence-electron chi connectivity index (χ4n) is 3.15. The van der Waals surface area contributed by atoms with Crippen molar-refractivity contribution in [3.05, 3.63) is 65.7 Å². The fraction of sp³-hybridized carbons (Fsp3) is 0.409. The van der Waals surface area contributed by atoms with Gasteiger partial charge in [0.25, 0.3) is 0 Å². The predicted molar refractivity (Wildman–Crippen MR) is 115 cm³/mol. The maximum Gasteiger partial charge on any atom is 0.243 e. The molecule has 0 saturated heterocycles. The van der Waals surface area contributed by atoms with Gasteiger partial charge in [-0.1, -0.05) is 49.4 Å². The number of carbonyl (C=O) groups excluding carboxylic acids is 1. The van der Waals surface area contributed by atoms with E-state index in [0.717, 1.165) is 31.1 Å². The van der Waals surface area contributed by atoms with Crippen LogP contribution in [0.25, 0.3) is 0 Å². The van der Waals surface area contributed by atoms with E-state index in [-0.39, 0.29) is 11.9 Å². The van der Waals surface area contributed by atoms with Gasteiger partial charge in [-0.25, -0.2) is 8.42 Å². The number of hydrogen-bond acceptors (Lipinski definition) is 3. The van der Waals surface area contributed by atoms with Crippen LogP contribution < -0.4 is 9.62 Å². The van der Waals surface area contributed by atoms with Crippen LogP contribution >= 0.6 is 0 Å². The van der Waals surface area contributed by atoms with Crippen molar-refractivity contribution >= 4 is 21.6 Å². The van der Waals surface area contributed by atoms with E-state index in [0.29, 0.717) is 5.69 Å². The molecule has 1 N–H and O–H groups in total. The summed E-state index contributed by atoms with van der Waals surface area (Å²) in [5, 5.41) is 2.95. The second-order valence-electron chi connectivity index (χ2n) is 7.19. The van der Waals surface area contributed by atoms with Crippen LogP contribution in [0.4, 0.5) is 5.69 Å². The quantitative estimate of drug-likeness (QED) is 0.698. The van der Waals surface area contributed by atoms with E-state index in [1.165, 1.54) is 9.87 Å². The molecule has 0 saturated carbocycles. The Bertz CT molecular complexity index is 864. The molecule has 5 nitrogen and oxygen atoms in total. The van der Waals surface area contributed by atoms with E-state index in [1.807, 2.05) is 44.2 Å². The van der Waals surface area contributed by atoms with E-state index >= 15 is 0 Å². The minimum atomic E-state index is -3.60. The molecular formula is C22H30N2O3S. The molecule has 0 fully saturated rings. The number of nitrogens with one attached hydrogen (secondary N) is 1. The second-order valence-corrected chi connectivity index (χ2v) is 9.05. The van der Waals surface area contributed by atoms with Crippen molar-refractivity contribution in [2.24, 2.45) is 0 Å². The minimum absolute atomic E-state index is 0.0565. The van der Waals surface area contributed by atoms with Crippen molar-refractivity contribution in [3.63, 3.8) is 0 Å². The molecule has 152 valence electrons. The van der Waals surface area contributed by atoms with E-state index in [2.05, 4.69) is 17.4 Å². The van der Waals surface area contributed by atoms with Crippen LogP contribution in [0.15, 0.2) is 54.6 Å². The van der Waals surface area contributed by atoms with Crippen molar-refractivity contribution in [1.29, 1.82) is 0 Å². The molecule has 1 amide bonds. The smallest absolute Gasteiger partial charge is 0.243 e. The van der Waals surface area contributed by atoms with Gasteiger partial charge in [-0.3, -0.25) is 9.10 Å². The highest BCUT2D eigenvalue weighted by molar-refractivity contribution is 7.92. The Hall–Kier alpha value is -2.34. The first-order valence-electron chi connectivity index (χ1n) is 9.65. The van der Waals surface area contributed by atoms with Crippen molar-refractivity contribution in [1.82, 2.24) is 5.32 Å². The van der Waals surface area contributed by atoms with Gasteiger partial charge in [-0.15, -0.1) is 0 Å². The lowest BCUT2D eigenvalue weighted by Crippen LogP contribution is -2.50. The molecule has 0 spiro atoms. The molecule has 0 aliphatic carbocycles. The average molecular weight is 403 g/mol. The molecule has 2 rings (SSSR count). The third kappa shape index (κ3) is 6.09. The molecule has 0 bridgehead atoms. The number of anilines is 1. The van der Waals surface area contributed by atoms with Crippen LogP contribution in [0.3, 0.4) is 0 Å². The molecule has 0 radical (unpaired) electrons. The second kappa shape index (κ2) is 9.73. The average Bonchev–Trinajstić information content (AvgIpc) is 2.66. The number of carbonyl (C=O) groups is 1. The van der Waals surface area contributed by atoms with Gasteiger partial charge in [0.1, 0.15) is 6.04 Å². The van der Waals surface area contributed by atoms with E-state index in [1.54, 1.807) is 19.1 Å². The molecule has 0 aliphatic rings. The Kier molecular flexibility index (Phi) is 7.63. The molecule has 28 heavy (non-hydrogen) atoms. The summed E-state index contributed by atoms with van der Waals surface area (Å²) in [6.45, 7) is 5.60. The van der Waals surface area contributed by atoms with E-state index < -0.39 is 16.1 Å². The molecule has 0 aliphatic heterocycles. The number of benzene rings is 2. The summed E-state index contributed by atoms with van der Waals surface area (Å²) in [4.78, 5) is 12.7. The molecule has 6 heteroatoms. The number of nitrogens with zero attached hydrogens (tertiary/aromatic N) is 1. The van der Waals surface area contributed by atoms with Gasteiger partial charge >= 0.3 is 0 Å². The van der Waals surface area contributed by atoms with Crippen LogP contribution in [0.2, 0.25) is 0 Å². The third-order valence-electron chi connectivity index (χ3n) is 4.79. The monoisotopic (exact) mass is 402 g/mol. The van der Waals surface area contributed by atoms with Crippen LogP contribution in [0.1, 0.15) is 38.3 Å². The lowest BCUT2D eigenvalue weighted by Gasteiger charge is -2.29. The summed E-state index contributed by atoms with van der Waals surface area (Å²) >= 11 is 0. The fourth-order valence-corrected chi connectivity index (χ4v) is 4.33. The molecule has 2 aromatic rings. The van der Waals surface area contributed by atoms with Crippen LogP contribution in [0.5, 0.6) is 0 Å². The van der Waals surface area contributed by atoms with Gasteiger partial charge in [0.15, 0.2) is 0 Å². The maximum atomic E-state index is 12.7. The number of rotatable bonds is 9. The maximum absolute atomic E-state index is 12.7. The Balaban J connectivity index is 2.06. The number of sulfonamides is 1. The highest BCUT2D eigenvalue weighted by Crippen LogP contribution is 2.22. The van der Waals surface area contributed by atoms with E-state index in [9.17, 15) is 13.2 Å². The highest BCUT2D eigenvalue weighted by Gasteiger charge is 2.29. The summed E-state index contributed by atoms with van der Waals surface area (Å²) in [5.74, 6) is -0.300. The number of hydrogen-bond donors (Lipinski definition) is 1. The Morgan fingerprint density at radius 2 is 1.61 bits per heavy atom. The molecule has 0 unspecified atom stereocenters. The first-order valence-corrected chi connectivity index (χ1v) is 11.5. The van der Waals surface area contributed by atoms with Gasteiger partial charge in [-0.2, -0.15) is 0 Å². The number of aryl methyl sites for hydroxylation is 2. The zero-order valence-corrected chi connectivity index (χ0v) is 17.9. The summed E-state index contributed by atoms with van der Waals surface area (Å²) in [6.07, 6.45) is 3.63. The number of amides is 1. The van der Waals surface area contributed by atoms with Gasteiger partial charge in [0.05, 0.1) is 11.9 Å². The van der Waals surface area contributed by atoms with Crippen LogP contribution in [-0.2, 0) is 27.7 Å². The van der Waals surface area contributed by atoms with Gasteiger partial charge in [-0.05, 0) is 56.4 Å². The van der Waals surface area contributed by atoms with E-state index in [4.69, 9.17) is 0 Å². The van der Waals surface area contributed by atoms with Crippen molar-refractivity contribution < 1.29 is 13.2 Å². The Morgan fingerprint density at radius 1 is 1.00 bits per heavy atom. The Morgan fingerprint density at radius 3 is 2.14 bits per heavy atom.